The molecule has 0 saturated carbocycles. The van der Waals surface area contributed by atoms with Crippen LogP contribution in [0.1, 0.15) is 18.1 Å². The molecule has 1 rings (SSSR count). The summed E-state index contributed by atoms with van der Waals surface area (Å²) in [6.07, 6.45) is 1.75. The predicted octanol–water partition coefficient (Wildman–Crippen LogP) is 3.24. The Balaban J connectivity index is 2.44. The first-order chi connectivity index (χ1) is 7.13. The third-order valence-electron chi connectivity index (χ3n) is 2.10. The minimum atomic E-state index is 0.0124. The molecule has 1 aromatic carbocycles. The molecule has 0 fully saturated rings. The smallest absolute Gasteiger partial charge is 0.0940 e. The van der Waals surface area contributed by atoms with E-state index < -0.39 is 0 Å². The standard InChI is InChI=1S/C12H16ClNO/c1-4-10(3)15-14-8-11-5-6-12(13)9(2)7-11/h4-7,10,14H,1,8H2,2-3H3. The summed E-state index contributed by atoms with van der Waals surface area (Å²) in [4.78, 5) is 5.26. The van der Waals surface area contributed by atoms with E-state index in [1.54, 1.807) is 6.08 Å². The lowest BCUT2D eigenvalue weighted by Gasteiger charge is -2.10. The topological polar surface area (TPSA) is 21.3 Å². The number of aryl methyl sites for hydroxylation is 1. The van der Waals surface area contributed by atoms with Crippen LogP contribution in [0.4, 0.5) is 0 Å². The van der Waals surface area contributed by atoms with Crippen molar-refractivity contribution in [2.24, 2.45) is 0 Å². The molecule has 0 heterocycles. The fraction of sp³-hybridized carbons (Fsp3) is 0.333. The largest absolute Gasteiger partial charge is 0.294 e. The van der Waals surface area contributed by atoms with E-state index in [0.29, 0.717) is 6.54 Å². The van der Waals surface area contributed by atoms with Gasteiger partial charge >= 0.3 is 0 Å². The summed E-state index contributed by atoms with van der Waals surface area (Å²) in [5.41, 5.74) is 5.11. The lowest BCUT2D eigenvalue weighted by atomic mass is 10.1. The molecule has 82 valence electrons. The lowest BCUT2D eigenvalue weighted by Crippen LogP contribution is -2.19. The first-order valence-corrected chi connectivity index (χ1v) is 5.27. The zero-order chi connectivity index (χ0) is 11.3. The van der Waals surface area contributed by atoms with Gasteiger partial charge in [-0.25, -0.2) is 0 Å². The maximum atomic E-state index is 5.92. The minimum Gasteiger partial charge on any atom is -0.294 e. The number of hydroxylamine groups is 1. The molecule has 0 aliphatic heterocycles. The molecular weight excluding hydrogens is 210 g/mol. The average Bonchev–Trinajstić information content (AvgIpc) is 2.23. The maximum absolute atomic E-state index is 5.92. The summed E-state index contributed by atoms with van der Waals surface area (Å²) in [5, 5.41) is 0.791. The van der Waals surface area contributed by atoms with Crippen LogP contribution in [0.25, 0.3) is 0 Å². The van der Waals surface area contributed by atoms with Crippen molar-refractivity contribution < 1.29 is 4.84 Å². The van der Waals surface area contributed by atoms with Crippen molar-refractivity contribution in [3.8, 4) is 0 Å². The quantitative estimate of drug-likeness (QED) is 0.614. The van der Waals surface area contributed by atoms with E-state index in [1.807, 2.05) is 32.0 Å². The lowest BCUT2D eigenvalue weighted by molar-refractivity contribution is 0.00600. The second-order valence-electron chi connectivity index (χ2n) is 3.46. The molecule has 1 atom stereocenters. The Morgan fingerprint density at radius 1 is 1.60 bits per heavy atom. The summed E-state index contributed by atoms with van der Waals surface area (Å²) in [7, 11) is 0. The van der Waals surface area contributed by atoms with Crippen molar-refractivity contribution in [2.75, 3.05) is 0 Å². The number of rotatable bonds is 5. The summed E-state index contributed by atoms with van der Waals surface area (Å²) in [5.74, 6) is 0. The number of halogens is 1. The first-order valence-electron chi connectivity index (χ1n) is 4.89. The Hall–Kier alpha value is -0.830. The fourth-order valence-electron chi connectivity index (χ4n) is 1.12. The molecule has 0 bridgehead atoms. The fourth-order valence-corrected chi connectivity index (χ4v) is 1.24. The molecule has 0 aliphatic rings. The molecule has 1 aromatic rings. The zero-order valence-corrected chi connectivity index (χ0v) is 9.84. The zero-order valence-electron chi connectivity index (χ0n) is 9.09. The summed E-state index contributed by atoms with van der Waals surface area (Å²) in [6, 6.07) is 5.91. The highest BCUT2D eigenvalue weighted by Crippen LogP contribution is 2.16. The van der Waals surface area contributed by atoms with Crippen molar-refractivity contribution in [3.05, 3.63) is 47.0 Å². The predicted molar refractivity (Wildman–Crippen MR) is 63.8 cm³/mol. The van der Waals surface area contributed by atoms with Crippen molar-refractivity contribution >= 4 is 11.6 Å². The molecule has 1 unspecified atom stereocenters. The van der Waals surface area contributed by atoms with Gasteiger partial charge in [-0.15, -0.1) is 6.58 Å². The summed E-state index contributed by atoms with van der Waals surface area (Å²) < 4.78 is 0. The van der Waals surface area contributed by atoms with Gasteiger partial charge < -0.3 is 0 Å². The molecule has 3 heteroatoms. The molecule has 0 radical (unpaired) electrons. The molecular formula is C12H16ClNO. The Bertz CT molecular complexity index is 338. The van der Waals surface area contributed by atoms with Gasteiger partial charge in [0, 0.05) is 11.6 Å². The Morgan fingerprint density at radius 3 is 2.93 bits per heavy atom. The van der Waals surface area contributed by atoms with E-state index in [9.17, 15) is 0 Å². The van der Waals surface area contributed by atoms with E-state index >= 15 is 0 Å². The first kappa shape index (κ1) is 12.2. The maximum Gasteiger partial charge on any atom is 0.0940 e. The minimum absolute atomic E-state index is 0.0124. The Morgan fingerprint density at radius 2 is 2.33 bits per heavy atom. The van der Waals surface area contributed by atoms with Gasteiger partial charge in [0.15, 0.2) is 0 Å². The van der Waals surface area contributed by atoms with Crippen molar-refractivity contribution in [1.82, 2.24) is 5.48 Å². The number of benzene rings is 1. The van der Waals surface area contributed by atoms with Gasteiger partial charge in [0.05, 0.1) is 6.10 Å². The summed E-state index contributed by atoms with van der Waals surface area (Å²) >= 11 is 5.92. The van der Waals surface area contributed by atoms with Gasteiger partial charge in [-0.1, -0.05) is 29.8 Å². The molecule has 0 aromatic heterocycles. The number of nitrogens with one attached hydrogen (secondary N) is 1. The average molecular weight is 226 g/mol. The van der Waals surface area contributed by atoms with Gasteiger partial charge in [0.2, 0.25) is 0 Å². The second kappa shape index (κ2) is 5.91. The van der Waals surface area contributed by atoms with E-state index in [2.05, 4.69) is 12.1 Å². The van der Waals surface area contributed by atoms with Gasteiger partial charge in [-0.05, 0) is 31.0 Å². The van der Waals surface area contributed by atoms with Crippen LogP contribution < -0.4 is 5.48 Å². The van der Waals surface area contributed by atoms with E-state index in [0.717, 1.165) is 16.1 Å². The van der Waals surface area contributed by atoms with E-state index in [4.69, 9.17) is 16.4 Å². The van der Waals surface area contributed by atoms with Crippen LogP contribution in [0.2, 0.25) is 5.02 Å². The molecule has 15 heavy (non-hydrogen) atoms. The second-order valence-corrected chi connectivity index (χ2v) is 3.87. The molecule has 0 spiro atoms. The van der Waals surface area contributed by atoms with Gasteiger partial charge in [0.1, 0.15) is 0 Å². The van der Waals surface area contributed by atoms with Crippen LogP contribution in [0.15, 0.2) is 30.9 Å². The number of hydrogen-bond donors (Lipinski definition) is 1. The van der Waals surface area contributed by atoms with Gasteiger partial charge in [0.25, 0.3) is 0 Å². The normalized spacial score (nSPS) is 12.5. The summed E-state index contributed by atoms with van der Waals surface area (Å²) in [6.45, 7) is 8.20. The third-order valence-corrected chi connectivity index (χ3v) is 2.52. The molecule has 0 aliphatic carbocycles. The van der Waals surface area contributed by atoms with Crippen molar-refractivity contribution in [2.45, 2.75) is 26.5 Å². The molecule has 2 nitrogen and oxygen atoms in total. The van der Waals surface area contributed by atoms with E-state index in [1.165, 1.54) is 0 Å². The SMILES string of the molecule is C=CC(C)ONCc1ccc(Cl)c(C)c1. The monoisotopic (exact) mass is 225 g/mol. The highest BCUT2D eigenvalue weighted by molar-refractivity contribution is 6.31. The number of hydrogen-bond acceptors (Lipinski definition) is 2. The van der Waals surface area contributed by atoms with E-state index in [-0.39, 0.29) is 6.10 Å². The Kier molecular flexibility index (Phi) is 4.82. The van der Waals surface area contributed by atoms with Crippen LogP contribution in [-0.4, -0.2) is 6.10 Å². The van der Waals surface area contributed by atoms with Crippen LogP contribution >= 0.6 is 11.6 Å². The molecule has 1 N–H and O–H groups in total. The Labute approximate surface area is 95.9 Å². The molecule has 0 amide bonds. The highest BCUT2D eigenvalue weighted by Gasteiger charge is 1.99. The third kappa shape index (κ3) is 4.04. The van der Waals surface area contributed by atoms with Gasteiger partial charge in [-0.2, -0.15) is 5.48 Å². The van der Waals surface area contributed by atoms with Crippen LogP contribution in [0.3, 0.4) is 0 Å². The molecule has 0 saturated heterocycles. The highest BCUT2D eigenvalue weighted by atomic mass is 35.5. The van der Waals surface area contributed by atoms with Crippen LogP contribution in [-0.2, 0) is 11.4 Å². The van der Waals surface area contributed by atoms with Crippen molar-refractivity contribution in [1.29, 1.82) is 0 Å². The van der Waals surface area contributed by atoms with Gasteiger partial charge in [-0.3, -0.25) is 4.84 Å². The van der Waals surface area contributed by atoms with Crippen LogP contribution in [0, 0.1) is 6.92 Å². The van der Waals surface area contributed by atoms with Crippen molar-refractivity contribution in [3.63, 3.8) is 0 Å². The van der Waals surface area contributed by atoms with Crippen LogP contribution in [0.5, 0.6) is 0 Å².